The van der Waals surface area contributed by atoms with Crippen LogP contribution in [0.4, 0.5) is 10.3 Å². The van der Waals surface area contributed by atoms with Gasteiger partial charge in [-0.05, 0) is 37.3 Å². The number of hydrogen-bond donors (Lipinski definition) is 1. The second-order valence-electron chi connectivity index (χ2n) is 5.36. The lowest BCUT2D eigenvalue weighted by atomic mass is 10.1. The molecule has 0 unspecified atom stereocenters. The maximum absolute atomic E-state index is 12.9. The molecule has 0 atom stereocenters. The fourth-order valence-corrected chi connectivity index (χ4v) is 2.37. The Kier molecular flexibility index (Phi) is 3.93. The summed E-state index contributed by atoms with van der Waals surface area (Å²) in [4.78, 5) is 16.5. The molecule has 1 aromatic heterocycles. The molecule has 4 nitrogen and oxygen atoms in total. The van der Waals surface area contributed by atoms with Crippen LogP contribution in [-0.4, -0.2) is 15.5 Å². The van der Waals surface area contributed by atoms with Crippen LogP contribution >= 0.6 is 0 Å². The SMILES string of the molecule is Cc1cccc(-c2cnc(NC(=O)c3ccc(F)cc3)n2C)c1. The van der Waals surface area contributed by atoms with E-state index in [4.69, 9.17) is 0 Å². The molecule has 0 spiro atoms. The fraction of sp³-hybridized carbons (Fsp3) is 0.111. The Labute approximate surface area is 133 Å². The lowest BCUT2D eigenvalue weighted by Gasteiger charge is -2.08. The van der Waals surface area contributed by atoms with Crippen molar-refractivity contribution in [3.8, 4) is 11.3 Å². The van der Waals surface area contributed by atoms with E-state index in [1.807, 2.05) is 36.7 Å². The summed E-state index contributed by atoms with van der Waals surface area (Å²) < 4.78 is 14.7. The highest BCUT2D eigenvalue weighted by Gasteiger charge is 2.12. The first kappa shape index (κ1) is 15.0. The van der Waals surface area contributed by atoms with Gasteiger partial charge >= 0.3 is 0 Å². The van der Waals surface area contributed by atoms with Gasteiger partial charge in [-0.15, -0.1) is 0 Å². The Morgan fingerprint density at radius 1 is 1.17 bits per heavy atom. The minimum atomic E-state index is -0.375. The number of carbonyl (C=O) groups excluding carboxylic acids is 1. The van der Waals surface area contributed by atoms with Crippen LogP contribution in [0, 0.1) is 12.7 Å². The quantitative estimate of drug-likeness (QED) is 0.800. The van der Waals surface area contributed by atoms with Gasteiger partial charge in [0.2, 0.25) is 5.95 Å². The van der Waals surface area contributed by atoms with Crippen molar-refractivity contribution in [2.45, 2.75) is 6.92 Å². The summed E-state index contributed by atoms with van der Waals surface area (Å²) in [5, 5.41) is 2.74. The Morgan fingerprint density at radius 3 is 2.61 bits per heavy atom. The summed E-state index contributed by atoms with van der Waals surface area (Å²) in [5.41, 5.74) is 3.47. The number of benzene rings is 2. The van der Waals surface area contributed by atoms with Crippen LogP contribution in [0.3, 0.4) is 0 Å². The summed E-state index contributed by atoms with van der Waals surface area (Å²) in [6.45, 7) is 2.02. The van der Waals surface area contributed by atoms with Gasteiger partial charge in [-0.3, -0.25) is 10.1 Å². The van der Waals surface area contributed by atoms with Crippen LogP contribution in [0.25, 0.3) is 11.3 Å². The second-order valence-corrected chi connectivity index (χ2v) is 5.36. The van der Waals surface area contributed by atoms with E-state index in [0.717, 1.165) is 16.8 Å². The number of aromatic nitrogens is 2. The number of nitrogens with zero attached hydrogens (tertiary/aromatic N) is 2. The van der Waals surface area contributed by atoms with E-state index in [1.165, 1.54) is 24.3 Å². The van der Waals surface area contributed by atoms with E-state index in [1.54, 1.807) is 6.20 Å². The number of carbonyl (C=O) groups is 1. The number of nitrogens with one attached hydrogen (secondary N) is 1. The van der Waals surface area contributed by atoms with Crippen molar-refractivity contribution in [1.29, 1.82) is 0 Å². The smallest absolute Gasteiger partial charge is 0.257 e. The lowest BCUT2D eigenvalue weighted by Crippen LogP contribution is -2.15. The molecule has 3 aromatic rings. The fourth-order valence-electron chi connectivity index (χ4n) is 2.37. The third kappa shape index (κ3) is 3.13. The first-order valence-electron chi connectivity index (χ1n) is 7.20. The predicted octanol–water partition coefficient (Wildman–Crippen LogP) is 3.79. The van der Waals surface area contributed by atoms with E-state index < -0.39 is 0 Å². The van der Waals surface area contributed by atoms with Crippen molar-refractivity contribution >= 4 is 11.9 Å². The number of imidazole rings is 1. The van der Waals surface area contributed by atoms with Crippen LogP contribution < -0.4 is 5.32 Å². The largest absolute Gasteiger partial charge is 0.313 e. The summed E-state index contributed by atoms with van der Waals surface area (Å²) in [7, 11) is 1.84. The van der Waals surface area contributed by atoms with Crippen molar-refractivity contribution in [3.63, 3.8) is 0 Å². The minimum absolute atomic E-state index is 0.325. The highest BCUT2D eigenvalue weighted by molar-refractivity contribution is 6.03. The van der Waals surface area contributed by atoms with Gasteiger partial charge in [-0.1, -0.05) is 23.8 Å². The van der Waals surface area contributed by atoms with Gasteiger partial charge < -0.3 is 4.57 Å². The van der Waals surface area contributed by atoms with Crippen LogP contribution in [-0.2, 0) is 7.05 Å². The molecular formula is C18H16FN3O. The summed E-state index contributed by atoms with van der Waals surface area (Å²) >= 11 is 0. The number of halogens is 1. The molecule has 116 valence electrons. The topological polar surface area (TPSA) is 46.9 Å². The van der Waals surface area contributed by atoms with E-state index in [0.29, 0.717) is 11.5 Å². The Morgan fingerprint density at radius 2 is 1.91 bits per heavy atom. The number of aryl methyl sites for hydroxylation is 1. The van der Waals surface area contributed by atoms with Gasteiger partial charge in [0.05, 0.1) is 11.9 Å². The van der Waals surface area contributed by atoms with Gasteiger partial charge in [-0.25, -0.2) is 9.37 Å². The van der Waals surface area contributed by atoms with Gasteiger partial charge in [-0.2, -0.15) is 0 Å². The monoisotopic (exact) mass is 309 g/mol. The predicted molar refractivity (Wildman–Crippen MR) is 87.7 cm³/mol. The number of anilines is 1. The van der Waals surface area contributed by atoms with Crippen LogP contribution in [0.15, 0.2) is 54.7 Å². The first-order valence-corrected chi connectivity index (χ1v) is 7.20. The maximum atomic E-state index is 12.9. The van der Waals surface area contributed by atoms with Crippen LogP contribution in [0.5, 0.6) is 0 Å². The van der Waals surface area contributed by atoms with E-state index in [-0.39, 0.29) is 11.7 Å². The molecule has 0 saturated carbocycles. The van der Waals surface area contributed by atoms with Crippen molar-refractivity contribution < 1.29 is 9.18 Å². The number of amides is 1. The van der Waals surface area contributed by atoms with E-state index >= 15 is 0 Å². The molecule has 0 aliphatic carbocycles. The number of rotatable bonds is 3. The molecule has 1 amide bonds. The molecule has 1 heterocycles. The summed E-state index contributed by atoms with van der Waals surface area (Å²) in [6.07, 6.45) is 1.72. The molecule has 3 rings (SSSR count). The van der Waals surface area contributed by atoms with Gasteiger partial charge in [0, 0.05) is 18.2 Å². The van der Waals surface area contributed by atoms with Gasteiger partial charge in [0.1, 0.15) is 5.82 Å². The normalized spacial score (nSPS) is 10.6. The second kappa shape index (κ2) is 6.04. The third-order valence-corrected chi connectivity index (χ3v) is 3.63. The Balaban J connectivity index is 1.85. The Hall–Kier alpha value is -2.95. The van der Waals surface area contributed by atoms with E-state index in [2.05, 4.69) is 16.4 Å². The molecule has 23 heavy (non-hydrogen) atoms. The zero-order valence-corrected chi connectivity index (χ0v) is 12.9. The molecule has 2 aromatic carbocycles. The van der Waals surface area contributed by atoms with Crippen molar-refractivity contribution in [1.82, 2.24) is 9.55 Å². The number of hydrogen-bond acceptors (Lipinski definition) is 2. The standard InChI is InChI=1S/C18H16FN3O/c1-12-4-3-5-14(10-12)16-11-20-18(22(16)2)21-17(23)13-6-8-15(19)9-7-13/h3-11H,1-2H3,(H,20,21,23). The van der Waals surface area contributed by atoms with Gasteiger partial charge in [0.25, 0.3) is 5.91 Å². The summed E-state index contributed by atoms with van der Waals surface area (Å²) in [5.74, 6) is -0.259. The highest BCUT2D eigenvalue weighted by atomic mass is 19.1. The Bertz CT molecular complexity index is 853. The molecule has 5 heteroatoms. The molecule has 0 bridgehead atoms. The molecule has 0 saturated heterocycles. The molecule has 0 aliphatic rings. The summed E-state index contributed by atoms with van der Waals surface area (Å²) in [6, 6.07) is 13.4. The molecular weight excluding hydrogens is 293 g/mol. The highest BCUT2D eigenvalue weighted by Crippen LogP contribution is 2.23. The van der Waals surface area contributed by atoms with Crippen LogP contribution in [0.2, 0.25) is 0 Å². The molecule has 0 fully saturated rings. The molecule has 0 radical (unpaired) electrons. The average Bonchev–Trinajstić information content (AvgIpc) is 2.89. The average molecular weight is 309 g/mol. The third-order valence-electron chi connectivity index (χ3n) is 3.63. The zero-order valence-electron chi connectivity index (χ0n) is 12.9. The maximum Gasteiger partial charge on any atom is 0.257 e. The van der Waals surface area contributed by atoms with E-state index in [9.17, 15) is 9.18 Å². The zero-order chi connectivity index (χ0) is 16.4. The first-order chi connectivity index (χ1) is 11.0. The lowest BCUT2D eigenvalue weighted by molar-refractivity contribution is 0.102. The minimum Gasteiger partial charge on any atom is -0.313 e. The molecule has 0 aliphatic heterocycles. The van der Waals surface area contributed by atoms with Crippen LogP contribution in [0.1, 0.15) is 15.9 Å². The van der Waals surface area contributed by atoms with Crippen molar-refractivity contribution in [2.75, 3.05) is 5.32 Å². The van der Waals surface area contributed by atoms with Crippen molar-refractivity contribution in [3.05, 3.63) is 71.7 Å². The van der Waals surface area contributed by atoms with Gasteiger partial charge in [0.15, 0.2) is 0 Å². The van der Waals surface area contributed by atoms with Crippen molar-refractivity contribution in [2.24, 2.45) is 7.05 Å². The molecule has 1 N–H and O–H groups in total.